The Kier molecular flexibility index (Phi) is 3.22. The highest BCUT2D eigenvalue weighted by molar-refractivity contribution is 5.33. The van der Waals surface area contributed by atoms with Crippen molar-refractivity contribution in [2.24, 2.45) is 0 Å². The molecule has 6 heteroatoms. The third-order valence-corrected chi connectivity index (χ3v) is 2.24. The molecule has 0 fully saturated rings. The van der Waals surface area contributed by atoms with Crippen LogP contribution in [0, 0.1) is 0 Å². The molecule has 0 amide bonds. The topological polar surface area (TPSA) is 83.8 Å². The zero-order chi connectivity index (χ0) is 12.3. The predicted molar refractivity (Wildman–Crippen MR) is 62.8 cm³/mol. The van der Waals surface area contributed by atoms with Crippen LogP contribution in [-0.4, -0.2) is 15.1 Å². The number of nitrogens with one attached hydrogen (secondary N) is 2. The van der Waals surface area contributed by atoms with Crippen molar-refractivity contribution in [2.75, 3.05) is 5.32 Å². The first-order valence-electron chi connectivity index (χ1n) is 5.40. The lowest BCUT2D eigenvalue weighted by Crippen LogP contribution is -2.14. The summed E-state index contributed by atoms with van der Waals surface area (Å²) in [6.45, 7) is 4.39. The van der Waals surface area contributed by atoms with Crippen molar-refractivity contribution in [3.05, 3.63) is 40.3 Å². The van der Waals surface area contributed by atoms with Gasteiger partial charge >= 0.3 is 0 Å². The summed E-state index contributed by atoms with van der Waals surface area (Å²) >= 11 is 0. The highest BCUT2D eigenvalue weighted by atomic mass is 16.5. The van der Waals surface area contributed by atoms with Crippen molar-refractivity contribution < 1.29 is 4.52 Å². The molecule has 90 valence electrons. The van der Waals surface area contributed by atoms with E-state index in [1.807, 2.05) is 13.8 Å². The van der Waals surface area contributed by atoms with Gasteiger partial charge in [-0.15, -0.1) is 0 Å². The van der Waals surface area contributed by atoms with Crippen LogP contribution >= 0.6 is 0 Å². The molecule has 0 radical (unpaired) electrons. The molecule has 2 N–H and O–H groups in total. The average Bonchev–Trinajstić information content (AvgIpc) is 2.78. The van der Waals surface area contributed by atoms with Gasteiger partial charge in [0, 0.05) is 18.1 Å². The number of rotatable bonds is 4. The largest absolute Gasteiger partial charge is 0.362 e. The number of H-pyrrole nitrogens is 1. The molecule has 0 aliphatic carbocycles. The lowest BCUT2D eigenvalue weighted by atomic mass is 10.2. The maximum atomic E-state index is 11.4. The van der Waals surface area contributed by atoms with E-state index in [0.29, 0.717) is 23.9 Å². The van der Waals surface area contributed by atoms with E-state index in [1.54, 1.807) is 12.3 Å². The fraction of sp³-hybridized carbons (Fsp3) is 0.364. The van der Waals surface area contributed by atoms with E-state index in [1.165, 1.54) is 6.07 Å². The maximum Gasteiger partial charge on any atom is 0.252 e. The highest BCUT2D eigenvalue weighted by Gasteiger charge is 2.05. The molecule has 2 rings (SSSR count). The lowest BCUT2D eigenvalue weighted by Gasteiger charge is -2.07. The van der Waals surface area contributed by atoms with Crippen molar-refractivity contribution >= 4 is 5.82 Å². The molecule has 0 saturated heterocycles. The van der Waals surface area contributed by atoms with Crippen molar-refractivity contribution in [1.29, 1.82) is 0 Å². The Morgan fingerprint density at radius 3 is 3.00 bits per heavy atom. The van der Waals surface area contributed by atoms with Gasteiger partial charge in [0.25, 0.3) is 5.56 Å². The van der Waals surface area contributed by atoms with E-state index in [-0.39, 0.29) is 11.5 Å². The Balaban J connectivity index is 2.13. The molecule has 0 aliphatic rings. The van der Waals surface area contributed by atoms with Gasteiger partial charge in [0.05, 0.1) is 12.7 Å². The third-order valence-electron chi connectivity index (χ3n) is 2.24. The Hall–Kier alpha value is -2.11. The van der Waals surface area contributed by atoms with E-state index < -0.39 is 0 Å². The summed E-state index contributed by atoms with van der Waals surface area (Å²) in [7, 11) is 0. The Labute approximate surface area is 98.1 Å². The van der Waals surface area contributed by atoms with Gasteiger partial charge in [-0.05, 0) is 0 Å². The van der Waals surface area contributed by atoms with Crippen LogP contribution in [0.25, 0.3) is 0 Å². The third kappa shape index (κ3) is 2.93. The second-order valence-electron chi connectivity index (χ2n) is 4.00. The minimum absolute atomic E-state index is 0.163. The number of aromatic nitrogens is 3. The standard InChI is InChI=1S/C11H14N4O2/c1-7(2)11-14-9(5-10(16)15-11)12-6-8-3-4-13-17-8/h3-5,7H,6H2,1-2H3,(H2,12,14,15,16). The minimum Gasteiger partial charge on any atom is -0.362 e. The van der Waals surface area contributed by atoms with Crippen LogP contribution in [0.5, 0.6) is 0 Å². The Morgan fingerprint density at radius 1 is 1.53 bits per heavy atom. The van der Waals surface area contributed by atoms with Crippen molar-refractivity contribution in [2.45, 2.75) is 26.3 Å². The summed E-state index contributed by atoms with van der Waals surface area (Å²) in [6, 6.07) is 3.17. The fourth-order valence-electron chi connectivity index (χ4n) is 1.35. The molecule has 0 spiro atoms. The lowest BCUT2D eigenvalue weighted by molar-refractivity contribution is 0.388. The summed E-state index contributed by atoms with van der Waals surface area (Å²) in [5.74, 6) is 2.07. The van der Waals surface area contributed by atoms with Crippen LogP contribution in [0.15, 0.2) is 27.6 Å². The average molecular weight is 234 g/mol. The predicted octanol–water partition coefficient (Wildman–Crippen LogP) is 1.49. The molecule has 2 aromatic rings. The molecule has 0 bridgehead atoms. The number of nitrogens with zero attached hydrogens (tertiary/aromatic N) is 2. The minimum atomic E-state index is -0.163. The summed E-state index contributed by atoms with van der Waals surface area (Å²) in [6.07, 6.45) is 1.57. The second kappa shape index (κ2) is 4.82. The van der Waals surface area contributed by atoms with Gasteiger partial charge in [-0.1, -0.05) is 19.0 Å². The van der Waals surface area contributed by atoms with Gasteiger partial charge in [-0.2, -0.15) is 0 Å². The van der Waals surface area contributed by atoms with Crippen LogP contribution in [0.4, 0.5) is 5.82 Å². The van der Waals surface area contributed by atoms with E-state index in [9.17, 15) is 4.79 Å². The first-order chi connectivity index (χ1) is 8.15. The van der Waals surface area contributed by atoms with Crippen LogP contribution in [-0.2, 0) is 6.54 Å². The van der Waals surface area contributed by atoms with Gasteiger partial charge in [-0.25, -0.2) is 4.98 Å². The SMILES string of the molecule is CC(C)c1nc(NCc2ccno2)cc(=O)[nH]1. The van der Waals surface area contributed by atoms with Crippen molar-refractivity contribution in [1.82, 2.24) is 15.1 Å². The molecular formula is C11H14N4O2. The first-order valence-corrected chi connectivity index (χ1v) is 5.40. The maximum absolute atomic E-state index is 11.4. The molecule has 0 aliphatic heterocycles. The number of hydrogen-bond donors (Lipinski definition) is 2. The molecule has 0 saturated carbocycles. The fourth-order valence-corrected chi connectivity index (χ4v) is 1.35. The highest BCUT2D eigenvalue weighted by Crippen LogP contribution is 2.09. The van der Waals surface area contributed by atoms with E-state index in [4.69, 9.17) is 4.52 Å². The van der Waals surface area contributed by atoms with Gasteiger partial charge in [-0.3, -0.25) is 4.79 Å². The van der Waals surface area contributed by atoms with E-state index >= 15 is 0 Å². The van der Waals surface area contributed by atoms with Crippen LogP contribution < -0.4 is 10.9 Å². The number of aromatic amines is 1. The normalized spacial score (nSPS) is 10.8. The number of anilines is 1. The molecule has 6 nitrogen and oxygen atoms in total. The first kappa shape index (κ1) is 11.4. The summed E-state index contributed by atoms with van der Waals surface area (Å²) in [5, 5.41) is 6.61. The van der Waals surface area contributed by atoms with Gasteiger partial charge in [0.2, 0.25) is 0 Å². The smallest absolute Gasteiger partial charge is 0.252 e. The van der Waals surface area contributed by atoms with Gasteiger partial charge in [0.15, 0.2) is 5.76 Å². The van der Waals surface area contributed by atoms with Crippen molar-refractivity contribution in [3.8, 4) is 0 Å². The molecule has 2 heterocycles. The molecule has 0 atom stereocenters. The van der Waals surface area contributed by atoms with Crippen LogP contribution in [0.2, 0.25) is 0 Å². The second-order valence-corrected chi connectivity index (χ2v) is 4.00. The Morgan fingerprint density at radius 2 is 2.35 bits per heavy atom. The van der Waals surface area contributed by atoms with E-state index in [2.05, 4.69) is 20.4 Å². The monoisotopic (exact) mass is 234 g/mol. The van der Waals surface area contributed by atoms with Gasteiger partial charge < -0.3 is 14.8 Å². The molecule has 0 aromatic carbocycles. The quantitative estimate of drug-likeness (QED) is 0.837. The summed E-state index contributed by atoms with van der Waals surface area (Å²) in [4.78, 5) is 18.4. The molecule has 2 aromatic heterocycles. The Bertz CT molecular complexity index is 531. The zero-order valence-electron chi connectivity index (χ0n) is 9.73. The molecular weight excluding hydrogens is 220 g/mol. The van der Waals surface area contributed by atoms with Crippen LogP contribution in [0.3, 0.4) is 0 Å². The van der Waals surface area contributed by atoms with Crippen molar-refractivity contribution in [3.63, 3.8) is 0 Å². The summed E-state index contributed by atoms with van der Waals surface area (Å²) < 4.78 is 4.94. The zero-order valence-corrected chi connectivity index (χ0v) is 9.73. The number of hydrogen-bond acceptors (Lipinski definition) is 5. The van der Waals surface area contributed by atoms with Crippen LogP contribution in [0.1, 0.15) is 31.4 Å². The molecule has 17 heavy (non-hydrogen) atoms. The molecule has 0 unspecified atom stereocenters. The van der Waals surface area contributed by atoms with Gasteiger partial charge in [0.1, 0.15) is 11.6 Å². The van der Waals surface area contributed by atoms with E-state index in [0.717, 1.165) is 0 Å². The summed E-state index contributed by atoms with van der Waals surface area (Å²) in [5.41, 5.74) is -0.163.